The normalized spacial score (nSPS) is 14.6. The number of rotatable bonds is 6. The first-order valence-electron chi connectivity index (χ1n) is 10.7. The maximum absolute atomic E-state index is 8.83. The number of aromatic nitrogens is 3. The predicted molar refractivity (Wildman–Crippen MR) is 134 cm³/mol. The van der Waals surface area contributed by atoms with Gasteiger partial charge in [0.2, 0.25) is 0 Å². The van der Waals surface area contributed by atoms with Gasteiger partial charge in [-0.3, -0.25) is 10.4 Å². The molecule has 1 aromatic carbocycles. The molecule has 0 atom stereocenters. The van der Waals surface area contributed by atoms with Crippen LogP contribution in [0.4, 0.5) is 17.3 Å². The molecule has 4 rings (SSSR count). The van der Waals surface area contributed by atoms with Crippen LogP contribution in [-0.4, -0.2) is 60.1 Å². The molecule has 0 amide bonds. The fourth-order valence-corrected chi connectivity index (χ4v) is 3.84. The number of benzene rings is 1. The van der Waals surface area contributed by atoms with Gasteiger partial charge in [-0.05, 0) is 35.9 Å². The van der Waals surface area contributed by atoms with Crippen molar-refractivity contribution in [2.75, 3.05) is 48.8 Å². The summed E-state index contributed by atoms with van der Waals surface area (Å²) in [6.45, 7) is 3.30. The first-order valence-corrected chi connectivity index (χ1v) is 10.7. The van der Waals surface area contributed by atoms with Crippen LogP contribution < -0.4 is 21.3 Å². The Hall–Kier alpha value is -4.27. The molecule has 9 nitrogen and oxygen atoms in total. The molecule has 0 aliphatic carbocycles. The number of hydrogen-bond donors (Lipinski definition) is 3. The Labute approximate surface area is 193 Å². The van der Waals surface area contributed by atoms with E-state index in [1.807, 2.05) is 30.3 Å². The lowest BCUT2D eigenvalue weighted by atomic mass is 9.97. The fourth-order valence-electron chi connectivity index (χ4n) is 3.84. The van der Waals surface area contributed by atoms with Gasteiger partial charge in [-0.25, -0.2) is 15.0 Å². The fraction of sp³-hybridized carbons (Fsp3) is 0.208. The number of nitrogens with one attached hydrogen (secondary N) is 1. The Kier molecular flexibility index (Phi) is 6.58. The van der Waals surface area contributed by atoms with Crippen molar-refractivity contribution in [3.8, 4) is 0 Å². The van der Waals surface area contributed by atoms with Gasteiger partial charge in [-0.15, -0.1) is 0 Å². The van der Waals surface area contributed by atoms with Crippen molar-refractivity contribution >= 4 is 34.8 Å². The van der Waals surface area contributed by atoms with Crippen molar-refractivity contribution in [3.63, 3.8) is 0 Å². The largest absolute Gasteiger partial charge is 0.404 e. The van der Waals surface area contributed by atoms with E-state index in [1.165, 1.54) is 6.20 Å². The average molecular weight is 442 g/mol. The van der Waals surface area contributed by atoms with Crippen LogP contribution in [0.2, 0.25) is 0 Å². The Balaban J connectivity index is 1.53. The summed E-state index contributed by atoms with van der Waals surface area (Å²) in [6, 6.07) is 11.2. The minimum absolute atomic E-state index is 0.336. The lowest BCUT2D eigenvalue weighted by Gasteiger charge is -2.36. The van der Waals surface area contributed by atoms with Crippen LogP contribution in [0.5, 0.6) is 0 Å². The molecule has 3 heterocycles. The van der Waals surface area contributed by atoms with Gasteiger partial charge >= 0.3 is 0 Å². The third-order valence-electron chi connectivity index (χ3n) is 5.63. The molecule has 0 unspecified atom stereocenters. The maximum Gasteiger partial charge on any atom is 0.132 e. The van der Waals surface area contributed by atoms with E-state index in [4.69, 9.17) is 16.9 Å². The Morgan fingerprint density at radius 1 is 0.970 bits per heavy atom. The van der Waals surface area contributed by atoms with Gasteiger partial charge in [0.1, 0.15) is 18.0 Å². The van der Waals surface area contributed by atoms with Gasteiger partial charge in [-0.1, -0.05) is 6.07 Å². The summed E-state index contributed by atoms with van der Waals surface area (Å²) >= 11 is 0. The lowest BCUT2D eigenvalue weighted by Crippen LogP contribution is -2.47. The molecular formula is C24H27N9. The molecule has 3 aromatic rings. The molecule has 168 valence electrons. The van der Waals surface area contributed by atoms with E-state index in [1.54, 1.807) is 38.0 Å². The van der Waals surface area contributed by atoms with Gasteiger partial charge < -0.3 is 21.3 Å². The third-order valence-corrected chi connectivity index (χ3v) is 5.63. The summed E-state index contributed by atoms with van der Waals surface area (Å²) in [7, 11) is 1.69. The summed E-state index contributed by atoms with van der Waals surface area (Å²) in [5, 5.41) is 8.83. The Morgan fingerprint density at radius 3 is 2.39 bits per heavy atom. The lowest BCUT2D eigenvalue weighted by molar-refractivity contribution is 0.641. The summed E-state index contributed by atoms with van der Waals surface area (Å²) in [4.78, 5) is 21.4. The number of nitrogen functional groups attached to an aromatic ring is 1. The molecule has 2 aromatic heterocycles. The van der Waals surface area contributed by atoms with E-state index < -0.39 is 0 Å². The quantitative estimate of drug-likeness (QED) is 0.394. The molecule has 5 N–H and O–H groups in total. The highest BCUT2D eigenvalue weighted by Crippen LogP contribution is 2.24. The second-order valence-electron chi connectivity index (χ2n) is 7.63. The van der Waals surface area contributed by atoms with E-state index in [9.17, 15) is 0 Å². The van der Waals surface area contributed by atoms with Gasteiger partial charge in [0.15, 0.2) is 0 Å². The Bertz CT molecular complexity index is 1180. The zero-order valence-electron chi connectivity index (χ0n) is 18.5. The molecule has 1 aliphatic rings. The zero-order valence-corrected chi connectivity index (χ0v) is 18.5. The highest BCUT2D eigenvalue weighted by Gasteiger charge is 2.20. The summed E-state index contributed by atoms with van der Waals surface area (Å²) in [5.41, 5.74) is 15.9. The molecule has 1 aliphatic heterocycles. The standard InChI is InChI=1S/C24H27N9/c1-28-15-19(14-25)17-2-3-21(26)20(12-17)24(27)18-4-7-30-23(13-18)33-10-8-32(9-11-33)22-5-6-29-16-31-22/h2-7,12-16,27H,8-11,25-26H2,1H3. The van der Waals surface area contributed by atoms with Crippen molar-refractivity contribution in [1.29, 1.82) is 5.41 Å². The molecule has 0 saturated carbocycles. The van der Waals surface area contributed by atoms with Crippen molar-refractivity contribution < 1.29 is 0 Å². The van der Waals surface area contributed by atoms with Crippen LogP contribution in [0.25, 0.3) is 5.57 Å². The van der Waals surface area contributed by atoms with E-state index >= 15 is 0 Å². The minimum atomic E-state index is 0.336. The molecule has 1 saturated heterocycles. The topological polar surface area (TPSA) is 133 Å². The van der Waals surface area contributed by atoms with Crippen molar-refractivity contribution in [2.24, 2.45) is 10.7 Å². The number of pyridine rings is 1. The maximum atomic E-state index is 8.83. The zero-order chi connectivity index (χ0) is 23.2. The summed E-state index contributed by atoms with van der Waals surface area (Å²) in [5.74, 6) is 1.78. The van der Waals surface area contributed by atoms with Crippen LogP contribution in [0, 0.1) is 5.41 Å². The first kappa shape index (κ1) is 21.9. The molecular weight excluding hydrogens is 414 g/mol. The highest BCUT2D eigenvalue weighted by molar-refractivity contribution is 6.16. The third kappa shape index (κ3) is 4.82. The summed E-state index contributed by atoms with van der Waals surface area (Å²) < 4.78 is 0. The number of hydrogen-bond acceptors (Lipinski definition) is 9. The molecule has 0 bridgehead atoms. The van der Waals surface area contributed by atoms with E-state index in [2.05, 4.69) is 29.7 Å². The second kappa shape index (κ2) is 9.90. The number of aliphatic imine (C=N–C) groups is 1. The number of nitrogens with zero attached hydrogens (tertiary/aromatic N) is 6. The number of nitrogens with two attached hydrogens (primary N) is 2. The van der Waals surface area contributed by atoms with E-state index in [0.29, 0.717) is 17.0 Å². The van der Waals surface area contributed by atoms with Crippen molar-refractivity contribution in [2.45, 2.75) is 0 Å². The number of anilines is 3. The smallest absolute Gasteiger partial charge is 0.132 e. The number of piperazine rings is 1. The molecule has 9 heteroatoms. The van der Waals surface area contributed by atoms with E-state index in [-0.39, 0.29) is 0 Å². The van der Waals surface area contributed by atoms with E-state index in [0.717, 1.165) is 54.5 Å². The molecule has 1 fully saturated rings. The van der Waals surface area contributed by atoms with Gasteiger partial charge in [0, 0.05) is 80.4 Å². The SMILES string of the molecule is CN=CC(=CN)c1ccc(N)c(C(=N)c2ccnc(N3CCN(c4ccncn4)CC3)c2)c1. The van der Waals surface area contributed by atoms with Crippen molar-refractivity contribution in [1.82, 2.24) is 15.0 Å². The molecule has 0 radical (unpaired) electrons. The van der Waals surface area contributed by atoms with Crippen LogP contribution >= 0.6 is 0 Å². The first-order chi connectivity index (χ1) is 16.1. The van der Waals surface area contributed by atoms with Crippen molar-refractivity contribution in [3.05, 3.63) is 78.0 Å². The van der Waals surface area contributed by atoms with Crippen LogP contribution in [-0.2, 0) is 0 Å². The minimum Gasteiger partial charge on any atom is -0.404 e. The van der Waals surface area contributed by atoms with Gasteiger partial charge in [0.05, 0.1) is 5.71 Å². The van der Waals surface area contributed by atoms with Gasteiger partial charge in [-0.2, -0.15) is 0 Å². The van der Waals surface area contributed by atoms with Crippen LogP contribution in [0.1, 0.15) is 16.7 Å². The van der Waals surface area contributed by atoms with Crippen LogP contribution in [0.15, 0.2) is 66.3 Å². The summed E-state index contributed by atoms with van der Waals surface area (Å²) in [6.07, 6.45) is 8.25. The van der Waals surface area contributed by atoms with Crippen LogP contribution in [0.3, 0.4) is 0 Å². The second-order valence-corrected chi connectivity index (χ2v) is 7.63. The number of allylic oxidation sites excluding steroid dienone is 1. The monoisotopic (exact) mass is 441 g/mol. The highest BCUT2D eigenvalue weighted by atomic mass is 15.3. The molecule has 0 spiro atoms. The molecule has 33 heavy (non-hydrogen) atoms. The Morgan fingerprint density at radius 2 is 1.73 bits per heavy atom. The average Bonchev–Trinajstić information content (AvgIpc) is 2.88. The van der Waals surface area contributed by atoms with Gasteiger partial charge in [0.25, 0.3) is 0 Å². The predicted octanol–water partition coefficient (Wildman–Crippen LogP) is 2.20.